The summed E-state index contributed by atoms with van der Waals surface area (Å²) < 4.78 is 5.18. The van der Waals surface area contributed by atoms with E-state index in [0.29, 0.717) is 5.01 Å². The highest BCUT2D eigenvalue weighted by Crippen LogP contribution is 2.19. The maximum atomic E-state index is 11.7. The summed E-state index contributed by atoms with van der Waals surface area (Å²) in [5.41, 5.74) is 0.958. The van der Waals surface area contributed by atoms with E-state index in [2.05, 4.69) is 10.2 Å². The van der Waals surface area contributed by atoms with Gasteiger partial charge in [-0.3, -0.25) is 0 Å². The zero-order valence-electron chi connectivity index (χ0n) is 10.3. The van der Waals surface area contributed by atoms with Crippen LogP contribution in [0.5, 0.6) is 0 Å². The predicted octanol–water partition coefficient (Wildman–Crippen LogP) is 3.02. The molecule has 0 N–H and O–H groups in total. The molecule has 94 valence electrons. The zero-order chi connectivity index (χ0) is 13.0. The molecule has 0 spiro atoms. The van der Waals surface area contributed by atoms with Gasteiger partial charge in [0, 0.05) is 5.92 Å². The van der Waals surface area contributed by atoms with Gasteiger partial charge in [-0.25, -0.2) is 4.79 Å². The summed E-state index contributed by atoms with van der Waals surface area (Å²) in [6.45, 7) is 4.29. The Balaban J connectivity index is 1.95. The van der Waals surface area contributed by atoms with Gasteiger partial charge in [-0.05, 0) is 5.56 Å². The van der Waals surface area contributed by atoms with Crippen molar-refractivity contribution in [3.8, 4) is 0 Å². The van der Waals surface area contributed by atoms with Gasteiger partial charge in [0.15, 0.2) is 0 Å². The summed E-state index contributed by atoms with van der Waals surface area (Å²) in [5.74, 6) is -0.138. The number of carbonyl (C=O) groups is 1. The van der Waals surface area contributed by atoms with Crippen LogP contribution in [0, 0.1) is 0 Å². The van der Waals surface area contributed by atoms with Gasteiger partial charge < -0.3 is 4.74 Å². The van der Waals surface area contributed by atoms with Crippen LogP contribution in [0.4, 0.5) is 0 Å². The fourth-order valence-electron chi connectivity index (χ4n) is 1.34. The molecule has 0 atom stereocenters. The molecule has 0 aliphatic heterocycles. The second-order valence-electron chi connectivity index (χ2n) is 4.16. The van der Waals surface area contributed by atoms with Gasteiger partial charge in [-0.15, -0.1) is 10.2 Å². The molecule has 0 fully saturated rings. The van der Waals surface area contributed by atoms with Gasteiger partial charge in [-0.1, -0.05) is 55.5 Å². The van der Waals surface area contributed by atoms with Crippen molar-refractivity contribution in [3.05, 3.63) is 45.9 Å². The summed E-state index contributed by atoms with van der Waals surface area (Å²) in [5, 5.41) is 8.97. The summed E-state index contributed by atoms with van der Waals surface area (Å²) in [7, 11) is 0. The quantitative estimate of drug-likeness (QED) is 0.795. The lowest BCUT2D eigenvalue weighted by atomic mass is 10.2. The van der Waals surface area contributed by atoms with Crippen molar-refractivity contribution < 1.29 is 9.53 Å². The Morgan fingerprint density at radius 1 is 1.28 bits per heavy atom. The van der Waals surface area contributed by atoms with Crippen LogP contribution >= 0.6 is 11.3 Å². The number of benzene rings is 1. The number of carbonyl (C=O) groups excluding carboxylic acids is 1. The Hall–Kier alpha value is -1.75. The number of hydrogen-bond acceptors (Lipinski definition) is 5. The molecule has 0 saturated heterocycles. The molecule has 2 rings (SSSR count). The van der Waals surface area contributed by atoms with Crippen LogP contribution in [0.2, 0.25) is 0 Å². The molecule has 0 radical (unpaired) electrons. The topological polar surface area (TPSA) is 52.1 Å². The van der Waals surface area contributed by atoms with E-state index in [1.807, 2.05) is 44.2 Å². The first-order valence-corrected chi connectivity index (χ1v) is 6.53. The SMILES string of the molecule is CC(C)c1nnc(C(=O)OCc2ccccc2)s1. The van der Waals surface area contributed by atoms with E-state index in [4.69, 9.17) is 4.74 Å². The Morgan fingerprint density at radius 3 is 2.61 bits per heavy atom. The lowest BCUT2D eigenvalue weighted by Crippen LogP contribution is -2.04. The van der Waals surface area contributed by atoms with Crippen molar-refractivity contribution in [3.63, 3.8) is 0 Å². The first kappa shape index (κ1) is 12.7. The lowest BCUT2D eigenvalue weighted by molar-refractivity contribution is 0.0471. The average Bonchev–Trinajstić information content (AvgIpc) is 2.87. The van der Waals surface area contributed by atoms with Crippen molar-refractivity contribution >= 4 is 17.3 Å². The Labute approximate surface area is 110 Å². The minimum absolute atomic E-state index is 0.260. The molecule has 0 saturated carbocycles. The summed E-state index contributed by atoms with van der Waals surface area (Å²) >= 11 is 1.29. The molecule has 0 amide bonds. The number of ether oxygens (including phenoxy) is 1. The molecule has 0 aliphatic rings. The highest BCUT2D eigenvalue weighted by molar-refractivity contribution is 7.13. The fraction of sp³-hybridized carbons (Fsp3) is 0.308. The van der Waals surface area contributed by atoms with Crippen molar-refractivity contribution in [2.24, 2.45) is 0 Å². The second-order valence-corrected chi connectivity index (χ2v) is 5.17. The second kappa shape index (κ2) is 5.73. The largest absolute Gasteiger partial charge is 0.455 e. The van der Waals surface area contributed by atoms with Crippen LogP contribution in [0.3, 0.4) is 0 Å². The van der Waals surface area contributed by atoms with Crippen molar-refractivity contribution in [1.29, 1.82) is 0 Å². The average molecular weight is 262 g/mol. The van der Waals surface area contributed by atoms with E-state index >= 15 is 0 Å². The fourth-order valence-corrected chi connectivity index (χ4v) is 2.07. The highest BCUT2D eigenvalue weighted by atomic mass is 32.1. The lowest BCUT2D eigenvalue weighted by Gasteiger charge is -2.01. The molecule has 0 bridgehead atoms. The van der Waals surface area contributed by atoms with Crippen LogP contribution in [-0.4, -0.2) is 16.2 Å². The third kappa shape index (κ3) is 3.13. The Bertz CT molecular complexity index is 523. The highest BCUT2D eigenvalue weighted by Gasteiger charge is 2.15. The smallest absolute Gasteiger partial charge is 0.369 e. The first-order valence-electron chi connectivity index (χ1n) is 5.71. The monoisotopic (exact) mass is 262 g/mol. The van der Waals surface area contributed by atoms with E-state index < -0.39 is 5.97 Å². The standard InChI is InChI=1S/C13H14N2O2S/c1-9(2)11-14-15-12(18-11)13(16)17-8-10-6-4-3-5-7-10/h3-7,9H,8H2,1-2H3. The van der Waals surface area contributed by atoms with Gasteiger partial charge in [0.1, 0.15) is 11.6 Å². The van der Waals surface area contributed by atoms with Gasteiger partial charge in [0.25, 0.3) is 0 Å². The maximum absolute atomic E-state index is 11.7. The number of rotatable bonds is 4. The molecule has 2 aromatic rings. The van der Waals surface area contributed by atoms with E-state index in [-0.39, 0.29) is 12.5 Å². The Kier molecular flexibility index (Phi) is 4.04. The molecule has 5 heteroatoms. The summed E-state index contributed by atoms with van der Waals surface area (Å²) in [4.78, 5) is 11.7. The molecular formula is C13H14N2O2S. The van der Waals surface area contributed by atoms with Crippen LogP contribution in [0.25, 0.3) is 0 Å². The zero-order valence-corrected chi connectivity index (χ0v) is 11.1. The third-order valence-corrected chi connectivity index (χ3v) is 3.53. The van der Waals surface area contributed by atoms with E-state index in [1.54, 1.807) is 0 Å². The van der Waals surface area contributed by atoms with Crippen LogP contribution in [0.1, 0.15) is 40.1 Å². The third-order valence-electron chi connectivity index (χ3n) is 2.32. The normalized spacial score (nSPS) is 10.6. The van der Waals surface area contributed by atoms with Gasteiger partial charge in [-0.2, -0.15) is 0 Å². The van der Waals surface area contributed by atoms with Gasteiger partial charge in [0.2, 0.25) is 5.01 Å². The van der Waals surface area contributed by atoms with Crippen molar-refractivity contribution in [1.82, 2.24) is 10.2 Å². The van der Waals surface area contributed by atoms with Crippen molar-refractivity contribution in [2.75, 3.05) is 0 Å². The number of aromatic nitrogens is 2. The van der Waals surface area contributed by atoms with Gasteiger partial charge in [0.05, 0.1) is 0 Å². The molecule has 18 heavy (non-hydrogen) atoms. The van der Waals surface area contributed by atoms with Crippen LogP contribution in [-0.2, 0) is 11.3 Å². The molecule has 4 nitrogen and oxygen atoms in total. The maximum Gasteiger partial charge on any atom is 0.369 e. The van der Waals surface area contributed by atoms with Crippen LogP contribution < -0.4 is 0 Å². The van der Waals surface area contributed by atoms with E-state index in [9.17, 15) is 4.79 Å². The van der Waals surface area contributed by atoms with Crippen LogP contribution in [0.15, 0.2) is 30.3 Å². The Morgan fingerprint density at radius 2 is 2.00 bits per heavy atom. The molecule has 1 aromatic heterocycles. The number of esters is 1. The molecule has 1 heterocycles. The summed E-state index contributed by atoms with van der Waals surface area (Å²) in [6.07, 6.45) is 0. The van der Waals surface area contributed by atoms with E-state index in [0.717, 1.165) is 10.6 Å². The first-order chi connectivity index (χ1) is 8.66. The molecular weight excluding hydrogens is 248 g/mol. The van der Waals surface area contributed by atoms with Gasteiger partial charge >= 0.3 is 5.97 Å². The molecule has 0 aliphatic carbocycles. The molecule has 1 aromatic carbocycles. The van der Waals surface area contributed by atoms with Crippen molar-refractivity contribution in [2.45, 2.75) is 26.4 Å². The summed E-state index contributed by atoms with van der Waals surface area (Å²) in [6, 6.07) is 9.56. The predicted molar refractivity (Wildman–Crippen MR) is 69.6 cm³/mol. The van der Waals surface area contributed by atoms with E-state index in [1.165, 1.54) is 11.3 Å². The molecule has 0 unspecified atom stereocenters. The minimum atomic E-state index is -0.414. The number of hydrogen-bond donors (Lipinski definition) is 0. The minimum Gasteiger partial charge on any atom is -0.455 e. The number of nitrogens with zero attached hydrogens (tertiary/aromatic N) is 2.